The van der Waals surface area contributed by atoms with Crippen LogP contribution in [0, 0.1) is 0 Å². The highest BCUT2D eigenvalue weighted by atomic mass is 32.2. The minimum atomic E-state index is 0.285. The smallest absolute Gasteiger partial charge is 0.0347 e. The highest BCUT2D eigenvalue weighted by Crippen LogP contribution is 2.33. The predicted octanol–water partition coefficient (Wildman–Crippen LogP) is 2.31. The molecule has 2 N–H and O–H groups in total. The lowest BCUT2D eigenvalue weighted by atomic mass is 9.89. The van der Waals surface area contributed by atoms with Crippen molar-refractivity contribution in [3.05, 3.63) is 35.4 Å². The summed E-state index contributed by atoms with van der Waals surface area (Å²) in [5.41, 5.74) is 9.55. The molecule has 3 heteroatoms. The Bertz CT molecular complexity index is 400. The van der Waals surface area contributed by atoms with Gasteiger partial charge in [0, 0.05) is 25.2 Å². The molecule has 1 fully saturated rings. The summed E-state index contributed by atoms with van der Waals surface area (Å²) in [6, 6.07) is 8.93. The van der Waals surface area contributed by atoms with Crippen molar-refractivity contribution < 1.29 is 0 Å². The first-order valence-electron chi connectivity index (χ1n) is 7.44. The molecule has 1 saturated heterocycles. The second kappa shape index (κ2) is 5.86. The Balaban J connectivity index is 1.77. The van der Waals surface area contributed by atoms with Crippen molar-refractivity contribution in [1.29, 1.82) is 0 Å². The van der Waals surface area contributed by atoms with Crippen molar-refractivity contribution in [3.8, 4) is 0 Å². The Hall–Kier alpha value is -0.510. The molecule has 2 heterocycles. The van der Waals surface area contributed by atoms with E-state index in [9.17, 15) is 0 Å². The molecule has 2 nitrogen and oxygen atoms in total. The number of nitrogens with zero attached hydrogens (tertiary/aromatic N) is 1. The van der Waals surface area contributed by atoms with E-state index in [1.807, 2.05) is 0 Å². The summed E-state index contributed by atoms with van der Waals surface area (Å²) in [6.45, 7) is 3.18. The molecule has 0 aromatic heterocycles. The molecule has 2 aliphatic heterocycles. The highest BCUT2D eigenvalue weighted by Gasteiger charge is 2.37. The molecule has 1 aromatic carbocycles. The van der Waals surface area contributed by atoms with Gasteiger partial charge in [-0.1, -0.05) is 24.3 Å². The van der Waals surface area contributed by atoms with E-state index in [2.05, 4.69) is 40.9 Å². The van der Waals surface area contributed by atoms with E-state index in [0.717, 1.165) is 6.54 Å². The van der Waals surface area contributed by atoms with E-state index >= 15 is 0 Å². The number of thioether (sulfide) groups is 1. The first-order chi connectivity index (χ1) is 9.34. The van der Waals surface area contributed by atoms with E-state index in [-0.39, 0.29) is 5.54 Å². The molecule has 19 heavy (non-hydrogen) atoms. The van der Waals surface area contributed by atoms with Gasteiger partial charge >= 0.3 is 0 Å². The number of fused-ring (bicyclic) bond motifs is 1. The Kier molecular flexibility index (Phi) is 4.15. The zero-order chi connectivity index (χ0) is 13.1. The minimum Gasteiger partial charge on any atom is -0.329 e. The third-order valence-corrected chi connectivity index (χ3v) is 5.88. The van der Waals surface area contributed by atoms with Gasteiger partial charge in [-0.15, -0.1) is 0 Å². The topological polar surface area (TPSA) is 29.3 Å². The SMILES string of the molecule is NCC1(N2CCc3ccccc3CC2)CCSCC1. The van der Waals surface area contributed by atoms with Crippen LogP contribution in [0.5, 0.6) is 0 Å². The summed E-state index contributed by atoms with van der Waals surface area (Å²) in [5, 5.41) is 0. The first-order valence-corrected chi connectivity index (χ1v) is 8.59. The second-order valence-electron chi connectivity index (χ2n) is 5.80. The van der Waals surface area contributed by atoms with Crippen molar-refractivity contribution in [2.75, 3.05) is 31.1 Å². The Morgan fingerprint density at radius 1 is 1.05 bits per heavy atom. The molecule has 0 radical (unpaired) electrons. The molecular formula is C16H24N2S. The van der Waals surface area contributed by atoms with Crippen molar-refractivity contribution in [2.45, 2.75) is 31.2 Å². The van der Waals surface area contributed by atoms with Crippen LogP contribution in [0.2, 0.25) is 0 Å². The van der Waals surface area contributed by atoms with E-state index in [1.165, 1.54) is 50.3 Å². The molecule has 0 saturated carbocycles. The van der Waals surface area contributed by atoms with Crippen LogP contribution in [-0.2, 0) is 12.8 Å². The van der Waals surface area contributed by atoms with E-state index in [0.29, 0.717) is 0 Å². The Labute approximate surface area is 120 Å². The molecule has 0 amide bonds. The average molecular weight is 276 g/mol. The van der Waals surface area contributed by atoms with Gasteiger partial charge in [-0.2, -0.15) is 11.8 Å². The number of nitrogens with two attached hydrogens (primary N) is 1. The quantitative estimate of drug-likeness (QED) is 0.899. The highest BCUT2D eigenvalue weighted by molar-refractivity contribution is 7.99. The molecule has 0 aliphatic carbocycles. The molecular weight excluding hydrogens is 252 g/mol. The van der Waals surface area contributed by atoms with Gasteiger partial charge in [0.2, 0.25) is 0 Å². The van der Waals surface area contributed by atoms with Crippen LogP contribution in [0.1, 0.15) is 24.0 Å². The van der Waals surface area contributed by atoms with Crippen LogP contribution in [0.15, 0.2) is 24.3 Å². The minimum absolute atomic E-state index is 0.285. The number of hydrogen-bond donors (Lipinski definition) is 1. The van der Waals surface area contributed by atoms with Crippen LogP contribution >= 0.6 is 11.8 Å². The maximum absolute atomic E-state index is 6.17. The van der Waals surface area contributed by atoms with Crippen molar-refractivity contribution in [3.63, 3.8) is 0 Å². The fraction of sp³-hybridized carbons (Fsp3) is 0.625. The molecule has 104 valence electrons. The summed E-state index contributed by atoms with van der Waals surface area (Å²) in [7, 11) is 0. The van der Waals surface area contributed by atoms with Gasteiger partial charge in [0.25, 0.3) is 0 Å². The summed E-state index contributed by atoms with van der Waals surface area (Å²) in [5.74, 6) is 2.56. The Morgan fingerprint density at radius 2 is 1.63 bits per heavy atom. The lowest BCUT2D eigenvalue weighted by molar-refractivity contribution is 0.0895. The van der Waals surface area contributed by atoms with E-state index in [1.54, 1.807) is 11.1 Å². The zero-order valence-electron chi connectivity index (χ0n) is 11.6. The predicted molar refractivity (Wildman–Crippen MR) is 83.8 cm³/mol. The molecule has 2 aliphatic rings. The van der Waals surface area contributed by atoms with Gasteiger partial charge in [0.05, 0.1) is 0 Å². The molecule has 0 bridgehead atoms. The molecule has 1 aromatic rings. The standard InChI is InChI=1S/C16H24N2S/c17-13-16(7-11-19-12-8-16)18-9-5-14-3-1-2-4-15(14)6-10-18/h1-4H,5-13,17H2. The van der Waals surface area contributed by atoms with Crippen molar-refractivity contribution >= 4 is 11.8 Å². The van der Waals surface area contributed by atoms with Gasteiger partial charge in [0.1, 0.15) is 0 Å². The van der Waals surface area contributed by atoms with Gasteiger partial charge < -0.3 is 5.73 Å². The fourth-order valence-electron chi connectivity index (χ4n) is 3.54. The van der Waals surface area contributed by atoms with Crippen LogP contribution < -0.4 is 5.73 Å². The van der Waals surface area contributed by atoms with Gasteiger partial charge in [-0.25, -0.2) is 0 Å². The maximum atomic E-state index is 6.17. The first kappa shape index (κ1) is 13.5. The summed E-state index contributed by atoms with van der Waals surface area (Å²) >= 11 is 2.09. The van der Waals surface area contributed by atoms with Gasteiger partial charge in [-0.05, 0) is 48.3 Å². The number of rotatable bonds is 2. The van der Waals surface area contributed by atoms with Crippen LogP contribution in [0.25, 0.3) is 0 Å². The lowest BCUT2D eigenvalue weighted by Gasteiger charge is -2.45. The maximum Gasteiger partial charge on any atom is 0.0347 e. The third kappa shape index (κ3) is 2.69. The Morgan fingerprint density at radius 3 is 2.16 bits per heavy atom. The summed E-state index contributed by atoms with van der Waals surface area (Å²) in [4.78, 5) is 2.70. The fourth-order valence-corrected chi connectivity index (χ4v) is 4.80. The van der Waals surface area contributed by atoms with Crippen LogP contribution in [0.4, 0.5) is 0 Å². The molecule has 0 atom stereocenters. The molecule has 0 unspecified atom stereocenters. The molecule has 0 spiro atoms. The monoisotopic (exact) mass is 276 g/mol. The van der Waals surface area contributed by atoms with Crippen molar-refractivity contribution in [2.24, 2.45) is 5.73 Å². The van der Waals surface area contributed by atoms with E-state index < -0.39 is 0 Å². The summed E-state index contributed by atoms with van der Waals surface area (Å²) < 4.78 is 0. The van der Waals surface area contributed by atoms with Gasteiger partial charge in [-0.3, -0.25) is 4.90 Å². The van der Waals surface area contributed by atoms with Crippen molar-refractivity contribution in [1.82, 2.24) is 4.90 Å². The van der Waals surface area contributed by atoms with E-state index in [4.69, 9.17) is 5.73 Å². The largest absolute Gasteiger partial charge is 0.329 e. The van der Waals surface area contributed by atoms with Gasteiger partial charge in [0.15, 0.2) is 0 Å². The number of benzene rings is 1. The second-order valence-corrected chi connectivity index (χ2v) is 7.02. The van der Waals surface area contributed by atoms with Crippen LogP contribution in [-0.4, -0.2) is 41.6 Å². The zero-order valence-corrected chi connectivity index (χ0v) is 12.4. The normalized spacial score (nSPS) is 23.6. The van der Waals surface area contributed by atoms with Crippen LogP contribution in [0.3, 0.4) is 0 Å². The third-order valence-electron chi connectivity index (χ3n) is 4.89. The average Bonchev–Trinajstić information content (AvgIpc) is 2.71. The molecule has 3 rings (SSSR count). The number of hydrogen-bond acceptors (Lipinski definition) is 3. The lowest BCUT2D eigenvalue weighted by Crippen LogP contribution is -2.56. The summed E-state index contributed by atoms with van der Waals surface area (Å²) in [6.07, 6.45) is 4.91.